The van der Waals surface area contributed by atoms with Gasteiger partial charge < -0.3 is 14.8 Å². The van der Waals surface area contributed by atoms with Gasteiger partial charge in [0.05, 0.1) is 42.0 Å². The monoisotopic (exact) mass is 417 g/mol. The molecule has 0 bridgehead atoms. The SMILES string of the molecule is COc1cc(/C=N\NC(=O)c2cnn(-c3cc(=O)[nH]c4ccccc34)c2C)ccc1O. The highest BCUT2D eigenvalue weighted by molar-refractivity contribution is 5.96. The van der Waals surface area contributed by atoms with Crippen LogP contribution in [0.3, 0.4) is 0 Å². The van der Waals surface area contributed by atoms with Gasteiger partial charge in [0.25, 0.3) is 11.5 Å². The standard InChI is InChI=1S/C22H19N5O4/c1-13-16(22(30)26-23-11-14-7-8-19(28)20(9-14)31-2)12-24-27(13)18-10-21(29)25-17-6-4-3-5-15(17)18/h3-12,28H,1-2H3,(H,25,29)(H,26,30)/b23-11-. The zero-order valence-electron chi connectivity index (χ0n) is 16.8. The van der Waals surface area contributed by atoms with Gasteiger partial charge in [-0.1, -0.05) is 18.2 Å². The summed E-state index contributed by atoms with van der Waals surface area (Å²) in [6.07, 6.45) is 2.86. The van der Waals surface area contributed by atoms with Crippen molar-refractivity contribution in [1.29, 1.82) is 0 Å². The van der Waals surface area contributed by atoms with E-state index in [4.69, 9.17) is 4.74 Å². The molecule has 0 atom stereocenters. The maximum atomic E-state index is 12.6. The van der Waals surface area contributed by atoms with Crippen LogP contribution in [0.5, 0.6) is 11.5 Å². The minimum atomic E-state index is -0.445. The Balaban J connectivity index is 1.59. The first-order chi connectivity index (χ1) is 15.0. The number of methoxy groups -OCH3 is 1. The van der Waals surface area contributed by atoms with Gasteiger partial charge >= 0.3 is 0 Å². The second kappa shape index (κ2) is 8.15. The molecule has 1 amide bonds. The van der Waals surface area contributed by atoms with Crippen LogP contribution in [0.2, 0.25) is 0 Å². The molecule has 156 valence electrons. The summed E-state index contributed by atoms with van der Waals surface area (Å²) in [5.41, 5.74) is 4.98. The molecule has 2 aromatic heterocycles. The molecule has 0 fully saturated rings. The van der Waals surface area contributed by atoms with Crippen molar-refractivity contribution in [3.8, 4) is 17.2 Å². The maximum absolute atomic E-state index is 12.6. The lowest BCUT2D eigenvalue weighted by Crippen LogP contribution is -2.18. The van der Waals surface area contributed by atoms with Crippen LogP contribution >= 0.6 is 0 Å². The third-order valence-electron chi connectivity index (χ3n) is 4.79. The predicted molar refractivity (Wildman–Crippen MR) is 116 cm³/mol. The fourth-order valence-electron chi connectivity index (χ4n) is 3.24. The van der Waals surface area contributed by atoms with Crippen molar-refractivity contribution in [2.45, 2.75) is 6.92 Å². The largest absolute Gasteiger partial charge is 0.504 e. The van der Waals surface area contributed by atoms with Crippen LogP contribution in [0, 0.1) is 6.92 Å². The number of hydrogen-bond donors (Lipinski definition) is 3. The molecule has 0 aliphatic heterocycles. The molecular weight excluding hydrogens is 398 g/mol. The molecule has 3 N–H and O–H groups in total. The number of ether oxygens (including phenoxy) is 1. The Bertz CT molecular complexity index is 1370. The van der Waals surface area contributed by atoms with Crippen LogP contribution in [-0.4, -0.2) is 39.1 Å². The van der Waals surface area contributed by atoms with E-state index in [0.29, 0.717) is 33.8 Å². The zero-order valence-corrected chi connectivity index (χ0v) is 16.8. The van der Waals surface area contributed by atoms with E-state index in [9.17, 15) is 14.7 Å². The first-order valence-corrected chi connectivity index (χ1v) is 9.35. The highest BCUT2D eigenvalue weighted by Crippen LogP contribution is 2.25. The number of fused-ring (bicyclic) bond motifs is 1. The number of aromatic hydroxyl groups is 1. The van der Waals surface area contributed by atoms with E-state index < -0.39 is 5.91 Å². The van der Waals surface area contributed by atoms with Crippen molar-refractivity contribution in [2.24, 2.45) is 5.10 Å². The lowest BCUT2D eigenvalue weighted by molar-refractivity contribution is 0.0954. The van der Waals surface area contributed by atoms with Gasteiger partial charge in [0.2, 0.25) is 0 Å². The number of nitrogens with zero attached hydrogens (tertiary/aromatic N) is 3. The average Bonchev–Trinajstić information content (AvgIpc) is 3.15. The number of hydrazone groups is 1. The Morgan fingerprint density at radius 1 is 1.26 bits per heavy atom. The van der Waals surface area contributed by atoms with Gasteiger partial charge in [0.1, 0.15) is 0 Å². The Morgan fingerprint density at radius 3 is 2.87 bits per heavy atom. The van der Waals surface area contributed by atoms with Crippen LogP contribution < -0.4 is 15.7 Å². The van der Waals surface area contributed by atoms with Crippen molar-refractivity contribution in [1.82, 2.24) is 20.2 Å². The number of pyridine rings is 1. The van der Waals surface area contributed by atoms with Crippen LogP contribution in [0.25, 0.3) is 16.6 Å². The second-order valence-corrected chi connectivity index (χ2v) is 6.75. The van der Waals surface area contributed by atoms with Gasteiger partial charge in [-0.2, -0.15) is 10.2 Å². The summed E-state index contributed by atoms with van der Waals surface area (Å²) in [6.45, 7) is 1.74. The molecule has 0 saturated carbocycles. The number of phenolic OH excluding ortho intramolecular Hbond substituents is 1. The normalized spacial score (nSPS) is 11.2. The molecule has 0 spiro atoms. The number of amides is 1. The van der Waals surface area contributed by atoms with Gasteiger partial charge in [-0.3, -0.25) is 9.59 Å². The van der Waals surface area contributed by atoms with Gasteiger partial charge in [0, 0.05) is 11.5 Å². The van der Waals surface area contributed by atoms with Crippen molar-refractivity contribution in [3.05, 3.63) is 81.9 Å². The number of para-hydroxylation sites is 1. The predicted octanol–water partition coefficient (Wildman–Crippen LogP) is 2.50. The molecule has 4 aromatic rings. The molecule has 0 saturated heterocycles. The molecule has 9 nitrogen and oxygen atoms in total. The molecule has 2 heterocycles. The highest BCUT2D eigenvalue weighted by Gasteiger charge is 2.16. The summed E-state index contributed by atoms with van der Waals surface area (Å²) in [4.78, 5) is 27.4. The third-order valence-corrected chi connectivity index (χ3v) is 4.79. The Kier molecular flexibility index (Phi) is 5.23. The molecule has 9 heteroatoms. The lowest BCUT2D eigenvalue weighted by Gasteiger charge is -2.08. The van der Waals surface area contributed by atoms with E-state index >= 15 is 0 Å². The zero-order chi connectivity index (χ0) is 22.0. The highest BCUT2D eigenvalue weighted by atomic mass is 16.5. The van der Waals surface area contributed by atoms with Gasteiger partial charge in [-0.15, -0.1) is 0 Å². The van der Waals surface area contributed by atoms with E-state index in [2.05, 4.69) is 20.6 Å². The minimum Gasteiger partial charge on any atom is -0.504 e. The van der Waals surface area contributed by atoms with Crippen molar-refractivity contribution < 1.29 is 14.6 Å². The summed E-state index contributed by atoms with van der Waals surface area (Å²) in [6, 6.07) is 13.5. The number of carbonyl (C=O) groups is 1. The number of rotatable bonds is 5. The average molecular weight is 417 g/mol. The summed E-state index contributed by atoms with van der Waals surface area (Å²) < 4.78 is 6.60. The molecule has 0 aliphatic carbocycles. The molecule has 0 unspecified atom stereocenters. The van der Waals surface area contributed by atoms with E-state index in [1.54, 1.807) is 29.8 Å². The quantitative estimate of drug-likeness (QED) is 0.340. The van der Waals surface area contributed by atoms with E-state index in [1.807, 2.05) is 18.2 Å². The van der Waals surface area contributed by atoms with Gasteiger partial charge in [-0.25, -0.2) is 10.1 Å². The van der Waals surface area contributed by atoms with Crippen LogP contribution in [0.4, 0.5) is 0 Å². The Labute approximate surface area is 176 Å². The fourth-order valence-corrected chi connectivity index (χ4v) is 3.24. The van der Waals surface area contributed by atoms with Crippen molar-refractivity contribution in [2.75, 3.05) is 7.11 Å². The van der Waals surface area contributed by atoms with Crippen molar-refractivity contribution >= 4 is 23.0 Å². The van der Waals surface area contributed by atoms with Crippen LogP contribution in [-0.2, 0) is 0 Å². The molecule has 0 radical (unpaired) electrons. The number of nitrogens with one attached hydrogen (secondary N) is 2. The number of hydrogen-bond acceptors (Lipinski definition) is 6. The van der Waals surface area contributed by atoms with E-state index in [1.165, 1.54) is 31.7 Å². The summed E-state index contributed by atoms with van der Waals surface area (Å²) in [5.74, 6) is -0.128. The number of carbonyl (C=O) groups excluding carboxylic acids is 1. The first kappa shape index (κ1) is 19.9. The fraction of sp³-hybridized carbons (Fsp3) is 0.0909. The summed E-state index contributed by atoms with van der Waals surface area (Å²) in [7, 11) is 1.45. The summed E-state index contributed by atoms with van der Waals surface area (Å²) in [5, 5.41) is 18.7. The van der Waals surface area contributed by atoms with Gasteiger partial charge in [0.15, 0.2) is 11.5 Å². The van der Waals surface area contributed by atoms with Crippen molar-refractivity contribution in [3.63, 3.8) is 0 Å². The molecule has 4 rings (SSSR count). The molecule has 31 heavy (non-hydrogen) atoms. The topological polar surface area (TPSA) is 122 Å². The van der Waals surface area contributed by atoms with Gasteiger partial charge in [-0.05, 0) is 36.8 Å². The number of aromatic nitrogens is 3. The number of phenols is 1. The summed E-state index contributed by atoms with van der Waals surface area (Å²) >= 11 is 0. The smallest absolute Gasteiger partial charge is 0.274 e. The first-order valence-electron chi connectivity index (χ1n) is 9.35. The van der Waals surface area contributed by atoms with Crippen LogP contribution in [0.1, 0.15) is 21.6 Å². The van der Waals surface area contributed by atoms with Crippen LogP contribution in [0.15, 0.2) is 64.6 Å². The third kappa shape index (κ3) is 3.88. The lowest BCUT2D eigenvalue weighted by atomic mass is 10.2. The number of H-pyrrole nitrogens is 1. The maximum Gasteiger partial charge on any atom is 0.274 e. The molecule has 2 aromatic carbocycles. The Hall–Kier alpha value is -4.40. The molecule has 0 aliphatic rings. The number of aromatic amines is 1. The van der Waals surface area contributed by atoms with E-state index in [-0.39, 0.29) is 11.3 Å². The van der Waals surface area contributed by atoms with E-state index in [0.717, 1.165) is 5.39 Å². The Morgan fingerprint density at radius 2 is 2.06 bits per heavy atom. The second-order valence-electron chi connectivity index (χ2n) is 6.75. The number of benzene rings is 2. The minimum absolute atomic E-state index is 0.0130. The molecular formula is C22H19N5O4.